The van der Waals surface area contributed by atoms with Crippen molar-refractivity contribution >= 4 is 23.1 Å². The van der Waals surface area contributed by atoms with Gasteiger partial charge in [-0.05, 0) is 36.8 Å². The molecule has 0 bridgehead atoms. The van der Waals surface area contributed by atoms with Crippen LogP contribution in [0.2, 0.25) is 0 Å². The number of rotatable bonds is 8. The van der Waals surface area contributed by atoms with Crippen molar-refractivity contribution in [1.82, 2.24) is 15.3 Å². The second kappa shape index (κ2) is 9.65. The number of hydrogen-bond donors (Lipinski definition) is 3. The summed E-state index contributed by atoms with van der Waals surface area (Å²) in [6, 6.07) is 18.8. The minimum atomic E-state index is -0.342. The van der Waals surface area contributed by atoms with Gasteiger partial charge in [-0.2, -0.15) is 4.98 Å². The number of carbonyl (C=O) groups excluding carboxylic acids is 1. The SMILES string of the molecule is CCOc1nc(Nc2ccc(-c3cnco3)cc2)cc(N)c1C(=O)NCc1ccccc1. The first-order valence-electron chi connectivity index (χ1n) is 10.2. The Bertz CT molecular complexity index is 1180. The van der Waals surface area contributed by atoms with Gasteiger partial charge in [-0.15, -0.1) is 0 Å². The normalized spacial score (nSPS) is 10.5. The molecule has 0 radical (unpaired) electrons. The van der Waals surface area contributed by atoms with Gasteiger partial charge in [-0.1, -0.05) is 30.3 Å². The van der Waals surface area contributed by atoms with Crippen LogP contribution in [-0.4, -0.2) is 22.5 Å². The van der Waals surface area contributed by atoms with Crippen molar-refractivity contribution in [3.05, 3.63) is 84.4 Å². The number of hydrogen-bond acceptors (Lipinski definition) is 7. The minimum Gasteiger partial charge on any atom is -0.477 e. The molecule has 2 aromatic carbocycles. The highest BCUT2D eigenvalue weighted by atomic mass is 16.5. The van der Waals surface area contributed by atoms with E-state index >= 15 is 0 Å². The van der Waals surface area contributed by atoms with Crippen molar-refractivity contribution in [3.8, 4) is 17.2 Å². The number of nitrogens with zero attached hydrogens (tertiary/aromatic N) is 2. The molecule has 8 heteroatoms. The zero-order valence-corrected chi connectivity index (χ0v) is 17.5. The number of benzene rings is 2. The van der Waals surface area contributed by atoms with E-state index in [1.165, 1.54) is 6.39 Å². The van der Waals surface area contributed by atoms with E-state index in [-0.39, 0.29) is 23.0 Å². The fraction of sp³-hybridized carbons (Fsp3) is 0.125. The van der Waals surface area contributed by atoms with Crippen LogP contribution in [0, 0.1) is 0 Å². The van der Waals surface area contributed by atoms with Gasteiger partial charge in [0, 0.05) is 23.9 Å². The summed E-state index contributed by atoms with van der Waals surface area (Å²) < 4.78 is 10.9. The van der Waals surface area contributed by atoms with Crippen LogP contribution in [0.4, 0.5) is 17.2 Å². The smallest absolute Gasteiger partial charge is 0.259 e. The van der Waals surface area contributed by atoms with Crippen LogP contribution in [0.3, 0.4) is 0 Å². The highest BCUT2D eigenvalue weighted by Gasteiger charge is 2.19. The van der Waals surface area contributed by atoms with Gasteiger partial charge < -0.3 is 25.5 Å². The van der Waals surface area contributed by atoms with E-state index in [1.807, 2.05) is 61.5 Å². The Hall–Kier alpha value is -4.33. The number of carbonyl (C=O) groups is 1. The number of ether oxygens (including phenoxy) is 1. The van der Waals surface area contributed by atoms with Gasteiger partial charge in [-0.3, -0.25) is 4.79 Å². The maximum absolute atomic E-state index is 12.8. The van der Waals surface area contributed by atoms with Gasteiger partial charge in [0.1, 0.15) is 11.4 Å². The van der Waals surface area contributed by atoms with Crippen molar-refractivity contribution in [3.63, 3.8) is 0 Å². The molecule has 4 aromatic rings. The van der Waals surface area contributed by atoms with Crippen molar-refractivity contribution in [2.24, 2.45) is 0 Å². The highest BCUT2D eigenvalue weighted by Crippen LogP contribution is 2.29. The summed E-state index contributed by atoms with van der Waals surface area (Å²) in [7, 11) is 0. The molecule has 0 fully saturated rings. The average Bonchev–Trinajstić information content (AvgIpc) is 3.34. The number of pyridine rings is 1. The molecule has 1 amide bonds. The number of nitrogens with two attached hydrogens (primary N) is 1. The third kappa shape index (κ3) is 4.86. The molecule has 2 aromatic heterocycles. The van der Waals surface area contributed by atoms with Crippen molar-refractivity contribution in [2.45, 2.75) is 13.5 Å². The molecule has 0 aliphatic heterocycles. The average molecular weight is 429 g/mol. The molecule has 162 valence electrons. The Balaban J connectivity index is 1.52. The molecule has 0 spiro atoms. The quantitative estimate of drug-likeness (QED) is 0.380. The second-order valence-corrected chi connectivity index (χ2v) is 6.95. The third-order valence-electron chi connectivity index (χ3n) is 4.69. The number of nitrogen functional groups attached to an aromatic ring is 1. The Morgan fingerprint density at radius 3 is 2.59 bits per heavy atom. The standard InChI is InChI=1S/C24H23N5O3/c1-2-31-24-22(23(30)27-13-16-6-4-3-5-7-16)19(25)12-21(29-24)28-18-10-8-17(9-11-18)20-14-26-15-32-20/h3-12,14-15H,2,13H2,1H3,(H,27,30)(H3,25,28,29). The molecular formula is C24H23N5O3. The van der Waals surface area contributed by atoms with Gasteiger partial charge in [0.2, 0.25) is 5.88 Å². The Morgan fingerprint density at radius 2 is 1.91 bits per heavy atom. The van der Waals surface area contributed by atoms with Crippen molar-refractivity contribution < 1.29 is 13.9 Å². The van der Waals surface area contributed by atoms with Crippen LogP contribution in [0.25, 0.3) is 11.3 Å². The molecule has 0 aliphatic carbocycles. The molecule has 0 atom stereocenters. The Labute approximate surface area is 185 Å². The predicted octanol–water partition coefficient (Wildman–Crippen LogP) is 4.39. The van der Waals surface area contributed by atoms with Gasteiger partial charge in [-0.25, -0.2) is 4.98 Å². The number of aromatic nitrogens is 2. The zero-order valence-electron chi connectivity index (χ0n) is 17.5. The number of oxazole rings is 1. The summed E-state index contributed by atoms with van der Waals surface area (Å²) in [5.41, 5.74) is 9.40. The monoisotopic (exact) mass is 429 g/mol. The number of nitrogens with one attached hydrogen (secondary N) is 2. The molecule has 0 saturated carbocycles. The topological polar surface area (TPSA) is 115 Å². The van der Waals surface area contributed by atoms with Crippen LogP contribution in [-0.2, 0) is 6.54 Å². The number of amides is 1. The van der Waals surface area contributed by atoms with Crippen LogP contribution >= 0.6 is 0 Å². The molecule has 4 N–H and O–H groups in total. The lowest BCUT2D eigenvalue weighted by Crippen LogP contribution is -2.25. The molecular weight excluding hydrogens is 406 g/mol. The maximum atomic E-state index is 12.8. The van der Waals surface area contributed by atoms with E-state index in [9.17, 15) is 4.79 Å². The number of anilines is 3. The second-order valence-electron chi connectivity index (χ2n) is 6.95. The molecule has 8 nitrogen and oxygen atoms in total. The predicted molar refractivity (Wildman–Crippen MR) is 123 cm³/mol. The van der Waals surface area contributed by atoms with Crippen molar-refractivity contribution in [1.29, 1.82) is 0 Å². The lowest BCUT2D eigenvalue weighted by atomic mass is 10.1. The maximum Gasteiger partial charge on any atom is 0.259 e. The molecule has 2 heterocycles. The van der Waals surface area contributed by atoms with Gasteiger partial charge in [0.15, 0.2) is 12.2 Å². The minimum absolute atomic E-state index is 0.179. The molecule has 0 aliphatic rings. The van der Waals surface area contributed by atoms with E-state index in [2.05, 4.69) is 20.6 Å². The van der Waals surface area contributed by atoms with Crippen LogP contribution in [0.1, 0.15) is 22.8 Å². The van der Waals surface area contributed by atoms with Crippen LogP contribution in [0.15, 0.2) is 77.7 Å². The first-order chi connectivity index (χ1) is 15.6. The summed E-state index contributed by atoms with van der Waals surface area (Å²) in [6.07, 6.45) is 3.04. The van der Waals surface area contributed by atoms with Gasteiger partial charge in [0.05, 0.1) is 18.5 Å². The lowest BCUT2D eigenvalue weighted by molar-refractivity contribution is 0.0947. The third-order valence-corrected chi connectivity index (χ3v) is 4.69. The summed E-state index contributed by atoms with van der Waals surface area (Å²) in [5.74, 6) is 0.991. The Morgan fingerprint density at radius 1 is 1.12 bits per heavy atom. The molecule has 32 heavy (non-hydrogen) atoms. The van der Waals surface area contributed by atoms with E-state index in [0.29, 0.717) is 24.7 Å². The molecule has 0 unspecified atom stereocenters. The van der Waals surface area contributed by atoms with E-state index in [0.717, 1.165) is 16.8 Å². The largest absolute Gasteiger partial charge is 0.477 e. The first kappa shape index (κ1) is 20.9. The summed E-state index contributed by atoms with van der Waals surface area (Å²) in [6.45, 7) is 2.55. The van der Waals surface area contributed by atoms with Gasteiger partial charge >= 0.3 is 0 Å². The van der Waals surface area contributed by atoms with Crippen molar-refractivity contribution in [2.75, 3.05) is 17.7 Å². The molecule has 0 saturated heterocycles. The van der Waals surface area contributed by atoms with Crippen LogP contribution in [0.5, 0.6) is 5.88 Å². The van der Waals surface area contributed by atoms with E-state index in [4.69, 9.17) is 14.9 Å². The molecule has 4 rings (SSSR count). The summed E-state index contributed by atoms with van der Waals surface area (Å²) >= 11 is 0. The van der Waals surface area contributed by atoms with E-state index < -0.39 is 0 Å². The summed E-state index contributed by atoms with van der Waals surface area (Å²) in [4.78, 5) is 21.2. The fourth-order valence-electron chi connectivity index (χ4n) is 3.16. The fourth-order valence-corrected chi connectivity index (χ4v) is 3.16. The Kier molecular flexibility index (Phi) is 6.31. The highest BCUT2D eigenvalue weighted by molar-refractivity contribution is 6.01. The zero-order chi connectivity index (χ0) is 22.3. The van der Waals surface area contributed by atoms with E-state index in [1.54, 1.807) is 12.3 Å². The van der Waals surface area contributed by atoms with Crippen LogP contribution < -0.4 is 21.1 Å². The summed E-state index contributed by atoms with van der Waals surface area (Å²) in [5, 5.41) is 6.06. The lowest BCUT2D eigenvalue weighted by Gasteiger charge is -2.15. The van der Waals surface area contributed by atoms with Gasteiger partial charge in [0.25, 0.3) is 5.91 Å². The first-order valence-corrected chi connectivity index (χ1v) is 10.2.